The second kappa shape index (κ2) is 7.51. The van der Waals surface area contributed by atoms with Gasteiger partial charge in [-0.05, 0) is 37.4 Å². The fourth-order valence-corrected chi connectivity index (χ4v) is 1.89. The maximum Gasteiger partial charge on any atom is 0.129 e. The minimum atomic E-state index is 0.327. The Morgan fingerprint density at radius 2 is 2.06 bits per heavy atom. The highest BCUT2D eigenvalue weighted by molar-refractivity contribution is 5.10. The number of nitrogens with one attached hydrogen (secondary N) is 1. The Balaban J connectivity index is 2.60. The van der Waals surface area contributed by atoms with Gasteiger partial charge in [0.15, 0.2) is 0 Å². The monoisotopic (exact) mass is 239 g/mol. The van der Waals surface area contributed by atoms with Crippen LogP contribution in [0.3, 0.4) is 0 Å². The van der Waals surface area contributed by atoms with Gasteiger partial charge >= 0.3 is 0 Å². The fourth-order valence-electron chi connectivity index (χ4n) is 1.89. The Morgan fingerprint density at radius 1 is 1.29 bits per heavy atom. The van der Waals surface area contributed by atoms with Gasteiger partial charge in [-0.2, -0.15) is 0 Å². The average molecular weight is 239 g/mol. The summed E-state index contributed by atoms with van der Waals surface area (Å²) in [5.74, 6) is 2.65. The fraction of sp³-hybridized carbons (Fsp3) is 0.714. The smallest absolute Gasteiger partial charge is 0.129 e. The molecule has 1 heterocycles. The molecule has 0 spiro atoms. The first-order valence-electron chi connectivity index (χ1n) is 6.48. The van der Waals surface area contributed by atoms with Crippen molar-refractivity contribution in [3.63, 3.8) is 0 Å². The lowest BCUT2D eigenvalue weighted by Crippen LogP contribution is -2.20. The van der Waals surface area contributed by atoms with Crippen molar-refractivity contribution in [1.29, 1.82) is 0 Å². The van der Waals surface area contributed by atoms with E-state index in [0.717, 1.165) is 30.4 Å². The van der Waals surface area contributed by atoms with Crippen molar-refractivity contribution in [3.05, 3.63) is 23.7 Å². The summed E-state index contributed by atoms with van der Waals surface area (Å²) in [5.41, 5.74) is 0. The molecule has 1 aromatic heterocycles. The first-order chi connectivity index (χ1) is 8.17. The third kappa shape index (κ3) is 4.92. The van der Waals surface area contributed by atoms with Crippen molar-refractivity contribution in [2.75, 3.05) is 13.7 Å². The zero-order valence-electron chi connectivity index (χ0n) is 11.5. The van der Waals surface area contributed by atoms with E-state index in [1.54, 1.807) is 7.11 Å². The molecule has 3 heteroatoms. The van der Waals surface area contributed by atoms with E-state index in [0.29, 0.717) is 12.6 Å². The normalized spacial score (nSPS) is 13.2. The minimum absolute atomic E-state index is 0.327. The summed E-state index contributed by atoms with van der Waals surface area (Å²) < 4.78 is 10.8. The van der Waals surface area contributed by atoms with Crippen molar-refractivity contribution in [1.82, 2.24) is 5.32 Å². The zero-order valence-corrected chi connectivity index (χ0v) is 11.5. The lowest BCUT2D eigenvalue weighted by molar-refractivity contribution is 0.161. The average Bonchev–Trinajstić information content (AvgIpc) is 2.73. The molecule has 1 rings (SSSR count). The van der Waals surface area contributed by atoms with E-state index in [1.165, 1.54) is 6.42 Å². The molecule has 1 atom stereocenters. The van der Waals surface area contributed by atoms with Gasteiger partial charge in [-0.15, -0.1) is 0 Å². The minimum Gasteiger partial charge on any atom is -0.462 e. The molecule has 0 aliphatic heterocycles. The van der Waals surface area contributed by atoms with Gasteiger partial charge in [0.25, 0.3) is 0 Å². The van der Waals surface area contributed by atoms with E-state index in [-0.39, 0.29) is 0 Å². The van der Waals surface area contributed by atoms with E-state index >= 15 is 0 Å². The maximum atomic E-state index is 5.78. The number of hydrogen-bond donors (Lipinski definition) is 1. The molecule has 1 aromatic rings. The van der Waals surface area contributed by atoms with Gasteiger partial charge in [-0.3, -0.25) is 0 Å². The van der Waals surface area contributed by atoms with Crippen LogP contribution < -0.4 is 5.32 Å². The molecule has 98 valence electrons. The van der Waals surface area contributed by atoms with E-state index in [9.17, 15) is 0 Å². The van der Waals surface area contributed by atoms with Crippen LogP contribution in [-0.2, 0) is 11.3 Å². The SMILES string of the molecule is CCNC(CCC(C)C)c1ccc(COC)o1. The molecule has 0 radical (unpaired) electrons. The molecule has 1 N–H and O–H groups in total. The van der Waals surface area contributed by atoms with Crippen molar-refractivity contribution in [3.8, 4) is 0 Å². The highest BCUT2D eigenvalue weighted by Crippen LogP contribution is 2.23. The van der Waals surface area contributed by atoms with Gasteiger partial charge in [0.2, 0.25) is 0 Å². The van der Waals surface area contributed by atoms with Crippen LogP contribution in [0.5, 0.6) is 0 Å². The molecule has 17 heavy (non-hydrogen) atoms. The topological polar surface area (TPSA) is 34.4 Å². The molecule has 0 fully saturated rings. The Bertz CT molecular complexity index is 307. The molecule has 3 nitrogen and oxygen atoms in total. The molecular formula is C14H25NO2. The van der Waals surface area contributed by atoms with Crippen LogP contribution in [0.2, 0.25) is 0 Å². The quantitative estimate of drug-likeness (QED) is 0.753. The van der Waals surface area contributed by atoms with E-state index in [1.807, 2.05) is 6.07 Å². The van der Waals surface area contributed by atoms with Gasteiger partial charge in [0.05, 0.1) is 6.04 Å². The third-order valence-electron chi connectivity index (χ3n) is 2.80. The summed E-state index contributed by atoms with van der Waals surface area (Å²) >= 11 is 0. The summed E-state index contributed by atoms with van der Waals surface area (Å²) in [5, 5.41) is 3.48. The zero-order chi connectivity index (χ0) is 12.7. The first kappa shape index (κ1) is 14.3. The van der Waals surface area contributed by atoms with Crippen LogP contribution in [0.1, 0.15) is 51.2 Å². The van der Waals surface area contributed by atoms with Gasteiger partial charge in [-0.1, -0.05) is 20.8 Å². The predicted molar refractivity (Wildman–Crippen MR) is 69.9 cm³/mol. The molecular weight excluding hydrogens is 214 g/mol. The van der Waals surface area contributed by atoms with Crippen LogP contribution in [0, 0.1) is 5.92 Å². The molecule has 0 saturated heterocycles. The van der Waals surface area contributed by atoms with Crippen LogP contribution >= 0.6 is 0 Å². The summed E-state index contributed by atoms with van der Waals surface area (Å²) in [6, 6.07) is 4.38. The van der Waals surface area contributed by atoms with Gasteiger partial charge in [-0.25, -0.2) is 0 Å². The number of hydrogen-bond acceptors (Lipinski definition) is 3. The van der Waals surface area contributed by atoms with Crippen LogP contribution in [0.4, 0.5) is 0 Å². The lowest BCUT2D eigenvalue weighted by Gasteiger charge is -2.16. The molecule has 0 aromatic carbocycles. The van der Waals surface area contributed by atoms with Crippen molar-refractivity contribution in [2.24, 2.45) is 5.92 Å². The second-order valence-corrected chi connectivity index (χ2v) is 4.82. The Labute approximate surface area is 105 Å². The Kier molecular flexibility index (Phi) is 6.30. The summed E-state index contributed by atoms with van der Waals surface area (Å²) in [6.07, 6.45) is 2.32. The third-order valence-corrected chi connectivity index (χ3v) is 2.80. The molecule has 0 aliphatic carbocycles. The van der Waals surface area contributed by atoms with Gasteiger partial charge in [0, 0.05) is 7.11 Å². The van der Waals surface area contributed by atoms with Crippen molar-refractivity contribution < 1.29 is 9.15 Å². The predicted octanol–water partition coefficient (Wildman–Crippen LogP) is 3.51. The molecule has 0 amide bonds. The van der Waals surface area contributed by atoms with E-state index < -0.39 is 0 Å². The summed E-state index contributed by atoms with van der Waals surface area (Å²) in [6.45, 7) is 8.14. The van der Waals surface area contributed by atoms with Crippen molar-refractivity contribution >= 4 is 0 Å². The molecule has 0 aliphatic rings. The molecule has 1 unspecified atom stereocenters. The van der Waals surface area contributed by atoms with Crippen LogP contribution in [0.15, 0.2) is 16.5 Å². The van der Waals surface area contributed by atoms with Crippen LogP contribution in [0.25, 0.3) is 0 Å². The van der Waals surface area contributed by atoms with Crippen LogP contribution in [-0.4, -0.2) is 13.7 Å². The standard InChI is InChI=1S/C14H25NO2/c1-5-15-13(8-6-11(2)3)14-9-7-12(17-14)10-16-4/h7,9,11,13,15H,5-6,8,10H2,1-4H3. The highest BCUT2D eigenvalue weighted by Gasteiger charge is 2.15. The Hall–Kier alpha value is -0.800. The van der Waals surface area contributed by atoms with Crippen molar-refractivity contribution in [2.45, 2.75) is 46.3 Å². The first-order valence-corrected chi connectivity index (χ1v) is 6.48. The second-order valence-electron chi connectivity index (χ2n) is 4.82. The highest BCUT2D eigenvalue weighted by atomic mass is 16.5. The summed E-state index contributed by atoms with van der Waals surface area (Å²) in [4.78, 5) is 0. The number of rotatable bonds is 8. The Morgan fingerprint density at radius 3 is 2.65 bits per heavy atom. The lowest BCUT2D eigenvalue weighted by atomic mass is 10.0. The molecule has 0 saturated carbocycles. The van der Waals surface area contributed by atoms with E-state index in [2.05, 4.69) is 32.2 Å². The molecule has 0 bridgehead atoms. The number of methoxy groups -OCH3 is 1. The van der Waals surface area contributed by atoms with Gasteiger partial charge in [0.1, 0.15) is 18.1 Å². The number of furan rings is 1. The largest absolute Gasteiger partial charge is 0.462 e. The maximum absolute atomic E-state index is 5.78. The van der Waals surface area contributed by atoms with E-state index in [4.69, 9.17) is 9.15 Å². The van der Waals surface area contributed by atoms with Gasteiger partial charge < -0.3 is 14.5 Å². The number of ether oxygens (including phenoxy) is 1. The summed E-state index contributed by atoms with van der Waals surface area (Å²) in [7, 11) is 1.68.